The summed E-state index contributed by atoms with van der Waals surface area (Å²) in [5.74, 6) is -2.25. The van der Waals surface area contributed by atoms with E-state index in [9.17, 15) is 19.8 Å². The molecular formula is C15H26N2O8. The number of nitrogens with one attached hydrogen (secondary N) is 2. The number of amides is 1. The van der Waals surface area contributed by atoms with Crippen LogP contribution in [0.15, 0.2) is 11.8 Å². The summed E-state index contributed by atoms with van der Waals surface area (Å²) in [6.07, 6.45) is -2.88. The van der Waals surface area contributed by atoms with Crippen LogP contribution in [0.1, 0.15) is 13.8 Å². The number of hydrogen-bond acceptors (Lipinski definition) is 8. The summed E-state index contributed by atoms with van der Waals surface area (Å²) in [4.78, 5) is 22.6. The van der Waals surface area contributed by atoms with Crippen molar-refractivity contribution in [2.75, 3.05) is 20.8 Å². The minimum Gasteiger partial charge on any atom is -0.479 e. The molecule has 0 spiro atoms. The molecule has 1 amide bonds. The van der Waals surface area contributed by atoms with E-state index >= 15 is 0 Å². The van der Waals surface area contributed by atoms with Crippen LogP contribution >= 0.6 is 0 Å². The van der Waals surface area contributed by atoms with Crippen LogP contribution in [0, 0.1) is 0 Å². The second-order valence-corrected chi connectivity index (χ2v) is 5.71. The molecule has 25 heavy (non-hydrogen) atoms. The highest BCUT2D eigenvalue weighted by Gasteiger charge is 2.42. The molecule has 1 aliphatic rings. The number of methoxy groups -OCH3 is 2. The van der Waals surface area contributed by atoms with Crippen molar-refractivity contribution >= 4 is 11.9 Å². The van der Waals surface area contributed by atoms with Gasteiger partial charge >= 0.3 is 5.97 Å². The van der Waals surface area contributed by atoms with Crippen LogP contribution in [0.2, 0.25) is 0 Å². The molecule has 1 aliphatic heterocycles. The lowest BCUT2D eigenvalue weighted by Crippen LogP contribution is -2.63. The maximum atomic E-state index is 11.4. The highest BCUT2D eigenvalue weighted by atomic mass is 16.7. The molecule has 144 valence electrons. The van der Waals surface area contributed by atoms with Gasteiger partial charge in [0.2, 0.25) is 11.7 Å². The predicted molar refractivity (Wildman–Crippen MR) is 85.5 cm³/mol. The molecule has 5 atom stereocenters. The number of aliphatic carboxylic acids is 1. The van der Waals surface area contributed by atoms with E-state index in [2.05, 4.69) is 10.6 Å². The number of ether oxygens (including phenoxy) is 3. The number of rotatable bonds is 9. The average molecular weight is 362 g/mol. The fourth-order valence-corrected chi connectivity index (χ4v) is 2.57. The number of carbonyl (C=O) groups excluding carboxylic acids is 1. The summed E-state index contributed by atoms with van der Waals surface area (Å²) in [6, 6.07) is -1.77. The van der Waals surface area contributed by atoms with Crippen LogP contribution < -0.4 is 10.6 Å². The van der Waals surface area contributed by atoms with Crippen LogP contribution in [0.5, 0.6) is 0 Å². The van der Waals surface area contributed by atoms with Crippen molar-refractivity contribution < 1.29 is 39.1 Å². The Kier molecular flexibility index (Phi) is 8.26. The molecule has 1 rings (SSSR count). The third-order valence-electron chi connectivity index (χ3n) is 3.81. The normalized spacial score (nSPS) is 25.7. The Bertz CT molecular complexity index is 492. The van der Waals surface area contributed by atoms with Crippen LogP contribution in [0.3, 0.4) is 0 Å². The Labute approximate surface area is 145 Å². The van der Waals surface area contributed by atoms with Crippen molar-refractivity contribution in [3.8, 4) is 0 Å². The van der Waals surface area contributed by atoms with Crippen LogP contribution in [-0.4, -0.2) is 84.6 Å². The molecule has 5 N–H and O–H groups in total. The molecule has 0 fully saturated rings. The average Bonchev–Trinajstić information content (AvgIpc) is 2.53. The number of carbonyl (C=O) groups is 2. The van der Waals surface area contributed by atoms with Crippen molar-refractivity contribution in [2.45, 2.75) is 50.5 Å². The second kappa shape index (κ2) is 9.68. The van der Waals surface area contributed by atoms with Gasteiger partial charge in [-0.1, -0.05) is 0 Å². The van der Waals surface area contributed by atoms with Gasteiger partial charge in [-0.25, -0.2) is 4.79 Å². The number of carboxylic acids is 1. The summed E-state index contributed by atoms with van der Waals surface area (Å²) in [5.41, 5.74) is 0. The molecule has 10 heteroatoms. The summed E-state index contributed by atoms with van der Waals surface area (Å²) in [5, 5.41) is 35.0. The lowest BCUT2D eigenvalue weighted by Gasteiger charge is -2.40. The first-order valence-electron chi connectivity index (χ1n) is 7.75. The zero-order valence-electron chi connectivity index (χ0n) is 14.6. The predicted octanol–water partition coefficient (Wildman–Crippen LogP) is -1.82. The minimum absolute atomic E-state index is 0.164. The third kappa shape index (κ3) is 5.94. The van der Waals surface area contributed by atoms with E-state index < -0.39 is 54.3 Å². The van der Waals surface area contributed by atoms with Crippen molar-refractivity contribution in [3.05, 3.63) is 11.8 Å². The van der Waals surface area contributed by atoms with Gasteiger partial charge in [-0.05, 0) is 13.0 Å². The van der Waals surface area contributed by atoms with E-state index in [0.717, 1.165) is 6.08 Å². The summed E-state index contributed by atoms with van der Waals surface area (Å²) < 4.78 is 15.6. The van der Waals surface area contributed by atoms with Gasteiger partial charge in [-0.2, -0.15) is 0 Å². The van der Waals surface area contributed by atoms with Crippen molar-refractivity contribution in [3.63, 3.8) is 0 Å². The minimum atomic E-state index is -1.36. The Morgan fingerprint density at radius 1 is 1.36 bits per heavy atom. The van der Waals surface area contributed by atoms with Gasteiger partial charge in [0.25, 0.3) is 0 Å². The van der Waals surface area contributed by atoms with Crippen LogP contribution in [0.25, 0.3) is 0 Å². The van der Waals surface area contributed by atoms with Gasteiger partial charge in [0, 0.05) is 27.7 Å². The van der Waals surface area contributed by atoms with Crippen molar-refractivity contribution in [2.24, 2.45) is 0 Å². The molecule has 0 radical (unpaired) electrons. The first-order chi connectivity index (χ1) is 11.7. The Morgan fingerprint density at radius 3 is 2.40 bits per heavy atom. The molecular weight excluding hydrogens is 336 g/mol. The number of aliphatic hydroxyl groups is 2. The molecule has 1 unspecified atom stereocenters. The molecule has 10 nitrogen and oxygen atoms in total. The number of hydrogen-bond donors (Lipinski definition) is 5. The molecule has 0 saturated carbocycles. The number of carboxylic acid groups (broad SMARTS) is 1. The fourth-order valence-electron chi connectivity index (χ4n) is 2.57. The summed E-state index contributed by atoms with van der Waals surface area (Å²) >= 11 is 0. The second-order valence-electron chi connectivity index (χ2n) is 5.71. The lowest BCUT2D eigenvalue weighted by molar-refractivity contribution is -0.142. The molecule has 0 aromatic rings. The van der Waals surface area contributed by atoms with Gasteiger partial charge in [0.15, 0.2) is 6.29 Å². The quantitative estimate of drug-likeness (QED) is 0.299. The third-order valence-corrected chi connectivity index (χ3v) is 3.81. The van der Waals surface area contributed by atoms with Crippen molar-refractivity contribution in [1.29, 1.82) is 0 Å². The molecule has 0 aromatic heterocycles. The maximum Gasteiger partial charge on any atom is 0.370 e. The highest BCUT2D eigenvalue weighted by Crippen LogP contribution is 2.23. The fraction of sp³-hybridized carbons (Fsp3) is 0.733. The Hall–Kier alpha value is -1.72. The summed E-state index contributed by atoms with van der Waals surface area (Å²) in [7, 11) is 2.89. The molecule has 0 saturated heterocycles. The monoisotopic (exact) mass is 362 g/mol. The largest absolute Gasteiger partial charge is 0.479 e. The molecule has 0 bridgehead atoms. The van der Waals surface area contributed by atoms with E-state index in [1.807, 2.05) is 0 Å². The Balaban J connectivity index is 3.08. The first-order valence-corrected chi connectivity index (χ1v) is 7.75. The van der Waals surface area contributed by atoms with Crippen molar-refractivity contribution in [1.82, 2.24) is 10.6 Å². The van der Waals surface area contributed by atoms with E-state index in [4.69, 9.17) is 19.3 Å². The maximum absolute atomic E-state index is 11.4. The zero-order valence-corrected chi connectivity index (χ0v) is 14.6. The van der Waals surface area contributed by atoms with Gasteiger partial charge in [0.1, 0.15) is 6.10 Å². The van der Waals surface area contributed by atoms with Gasteiger partial charge in [-0.3, -0.25) is 4.79 Å². The van der Waals surface area contributed by atoms with Crippen LogP contribution in [-0.2, 0) is 23.8 Å². The first kappa shape index (κ1) is 21.3. The molecule has 0 aliphatic carbocycles. The number of aliphatic hydroxyl groups excluding tert-OH is 2. The molecule has 1 heterocycles. The van der Waals surface area contributed by atoms with Gasteiger partial charge in [0.05, 0.1) is 24.3 Å². The van der Waals surface area contributed by atoms with Gasteiger partial charge < -0.3 is 40.2 Å². The smallest absolute Gasteiger partial charge is 0.370 e. The van der Waals surface area contributed by atoms with Crippen LogP contribution in [0.4, 0.5) is 0 Å². The lowest BCUT2D eigenvalue weighted by atomic mass is 9.92. The topological polar surface area (TPSA) is 147 Å². The zero-order chi connectivity index (χ0) is 19.1. The standard InChI is InChI=1S/C15H26N2O8/c1-7(18)12(17-8(2)19)14-13(16-6-11(23-3)24-4)9(20)5-10(25-14)15(21)22/h5,7,9,11-14,16,18,20H,6H2,1-4H3,(H,17,19)(H,21,22)/t7-,9+,12-,13+,14?/m1/s1. The SMILES string of the molecule is COC(CN[C@@H]1C([C@H](NC(C)=O)[C@@H](C)O)OC(C(=O)O)=C[C@@H]1O)OC. The Morgan fingerprint density at radius 2 is 1.96 bits per heavy atom. The summed E-state index contributed by atoms with van der Waals surface area (Å²) in [6.45, 7) is 2.85. The van der Waals surface area contributed by atoms with E-state index in [1.165, 1.54) is 28.1 Å². The highest BCUT2D eigenvalue weighted by molar-refractivity contribution is 5.84. The van der Waals surface area contributed by atoms with E-state index in [0.29, 0.717) is 0 Å². The van der Waals surface area contributed by atoms with E-state index in [-0.39, 0.29) is 6.54 Å². The van der Waals surface area contributed by atoms with E-state index in [1.54, 1.807) is 0 Å². The van der Waals surface area contributed by atoms with Gasteiger partial charge in [-0.15, -0.1) is 0 Å². The molecule has 0 aromatic carbocycles.